The molecule has 96 valence electrons. The normalized spacial score (nSPS) is 12.4. The van der Waals surface area contributed by atoms with Gasteiger partial charge in [0.1, 0.15) is 16.9 Å². The Kier molecular flexibility index (Phi) is 4.73. The summed E-state index contributed by atoms with van der Waals surface area (Å²) in [4.78, 5) is 4.36. The third-order valence-electron chi connectivity index (χ3n) is 2.25. The summed E-state index contributed by atoms with van der Waals surface area (Å²) in [5.41, 5.74) is 0.856. The van der Waals surface area contributed by atoms with Crippen LogP contribution in [0.25, 0.3) is 0 Å². The van der Waals surface area contributed by atoms with E-state index in [4.69, 9.17) is 39.5 Å². The Balaban J connectivity index is 2.13. The number of halogens is 3. The number of aromatic nitrogens is 1. The molecule has 0 aliphatic carbocycles. The second-order valence-electron chi connectivity index (χ2n) is 3.65. The van der Waals surface area contributed by atoms with Crippen LogP contribution in [0, 0.1) is 0 Å². The zero-order valence-corrected chi connectivity index (χ0v) is 12.6. The maximum atomic E-state index is 6.05. The largest absolute Gasteiger partial charge is 0.482 e. The third kappa shape index (κ3) is 3.29. The Morgan fingerprint density at radius 1 is 1.39 bits per heavy atom. The second-order valence-corrected chi connectivity index (χ2v) is 5.65. The highest BCUT2D eigenvalue weighted by Gasteiger charge is 2.13. The molecule has 1 aromatic heterocycles. The molecule has 1 unspecified atom stereocenters. The quantitative estimate of drug-likeness (QED) is 0.710. The zero-order valence-electron chi connectivity index (χ0n) is 9.49. The van der Waals surface area contributed by atoms with Crippen LogP contribution in [0.5, 0.6) is 5.75 Å². The molecule has 6 heteroatoms. The highest BCUT2D eigenvalue weighted by atomic mass is 35.5. The van der Waals surface area contributed by atoms with Gasteiger partial charge in [-0.15, -0.1) is 22.9 Å². The lowest BCUT2D eigenvalue weighted by Crippen LogP contribution is -2.03. The van der Waals surface area contributed by atoms with Gasteiger partial charge >= 0.3 is 0 Å². The monoisotopic (exact) mass is 321 g/mol. The average molecular weight is 323 g/mol. The number of nitrogens with zero attached hydrogens (tertiary/aromatic N) is 1. The van der Waals surface area contributed by atoms with E-state index < -0.39 is 0 Å². The summed E-state index contributed by atoms with van der Waals surface area (Å²) in [5.74, 6) is 1.00. The Bertz CT molecular complexity index is 544. The van der Waals surface area contributed by atoms with Crippen molar-refractivity contribution < 1.29 is 4.74 Å². The summed E-state index contributed by atoms with van der Waals surface area (Å²) in [7, 11) is 0. The van der Waals surface area contributed by atoms with Gasteiger partial charge in [-0.3, -0.25) is 0 Å². The van der Waals surface area contributed by atoms with Crippen molar-refractivity contribution in [2.24, 2.45) is 0 Å². The Morgan fingerprint density at radius 2 is 2.17 bits per heavy atom. The van der Waals surface area contributed by atoms with E-state index in [-0.39, 0.29) is 6.10 Å². The summed E-state index contributed by atoms with van der Waals surface area (Å²) >= 11 is 19.1. The fourth-order valence-corrected chi connectivity index (χ4v) is 2.87. The van der Waals surface area contributed by atoms with E-state index in [1.54, 1.807) is 18.2 Å². The lowest BCUT2D eigenvalue weighted by atomic mass is 10.3. The Hall–Kier alpha value is -0.480. The molecule has 0 aliphatic rings. The molecular formula is C12H10Cl3NOS. The van der Waals surface area contributed by atoms with E-state index in [0.717, 1.165) is 10.7 Å². The highest BCUT2D eigenvalue weighted by molar-refractivity contribution is 7.09. The molecule has 0 aliphatic heterocycles. The number of hydrogen-bond donors (Lipinski definition) is 0. The van der Waals surface area contributed by atoms with Crippen LogP contribution >= 0.6 is 46.1 Å². The van der Waals surface area contributed by atoms with E-state index in [1.165, 1.54) is 11.3 Å². The van der Waals surface area contributed by atoms with Crippen molar-refractivity contribution in [1.82, 2.24) is 4.98 Å². The van der Waals surface area contributed by atoms with Crippen molar-refractivity contribution in [3.63, 3.8) is 0 Å². The average Bonchev–Trinajstić information content (AvgIpc) is 2.81. The van der Waals surface area contributed by atoms with Gasteiger partial charge in [0.05, 0.1) is 16.6 Å². The van der Waals surface area contributed by atoms with Crippen LogP contribution in [-0.2, 0) is 5.88 Å². The van der Waals surface area contributed by atoms with Crippen molar-refractivity contribution in [1.29, 1.82) is 0 Å². The molecule has 2 rings (SSSR count). The Labute approximate surface area is 124 Å². The maximum absolute atomic E-state index is 6.05. The van der Waals surface area contributed by atoms with Crippen LogP contribution in [0.1, 0.15) is 23.7 Å². The van der Waals surface area contributed by atoms with Gasteiger partial charge < -0.3 is 4.74 Å². The number of benzene rings is 1. The minimum absolute atomic E-state index is 0.175. The van der Waals surface area contributed by atoms with Crippen molar-refractivity contribution in [2.75, 3.05) is 0 Å². The van der Waals surface area contributed by atoms with Crippen LogP contribution < -0.4 is 4.74 Å². The summed E-state index contributed by atoms with van der Waals surface area (Å²) in [6.45, 7) is 1.92. The summed E-state index contributed by atoms with van der Waals surface area (Å²) < 4.78 is 5.76. The van der Waals surface area contributed by atoms with Gasteiger partial charge in [-0.1, -0.05) is 23.2 Å². The minimum atomic E-state index is -0.175. The van der Waals surface area contributed by atoms with Crippen molar-refractivity contribution in [3.8, 4) is 5.75 Å². The fraction of sp³-hybridized carbons (Fsp3) is 0.250. The smallest absolute Gasteiger partial charge is 0.147 e. The molecule has 1 aromatic carbocycles. The molecule has 2 aromatic rings. The molecule has 0 amide bonds. The van der Waals surface area contributed by atoms with Gasteiger partial charge in [-0.05, 0) is 25.1 Å². The van der Waals surface area contributed by atoms with Gasteiger partial charge in [0.25, 0.3) is 0 Å². The van der Waals surface area contributed by atoms with E-state index in [0.29, 0.717) is 21.7 Å². The molecule has 1 heterocycles. The van der Waals surface area contributed by atoms with Crippen LogP contribution in [0.4, 0.5) is 0 Å². The topological polar surface area (TPSA) is 22.1 Å². The van der Waals surface area contributed by atoms with Gasteiger partial charge in [0, 0.05) is 10.4 Å². The molecule has 0 saturated carbocycles. The van der Waals surface area contributed by atoms with E-state index in [1.807, 2.05) is 12.3 Å². The number of thiazole rings is 1. The molecular weight excluding hydrogens is 313 g/mol. The second kappa shape index (κ2) is 6.11. The van der Waals surface area contributed by atoms with Gasteiger partial charge in [0.15, 0.2) is 0 Å². The molecule has 18 heavy (non-hydrogen) atoms. The molecule has 0 saturated heterocycles. The molecule has 1 atom stereocenters. The fourth-order valence-electron chi connectivity index (χ4n) is 1.38. The summed E-state index contributed by atoms with van der Waals surface area (Å²) in [6, 6.07) is 5.13. The molecule has 0 N–H and O–H groups in total. The lowest BCUT2D eigenvalue weighted by molar-refractivity contribution is 0.226. The van der Waals surface area contributed by atoms with Crippen LogP contribution in [0.3, 0.4) is 0 Å². The number of hydrogen-bond acceptors (Lipinski definition) is 3. The van der Waals surface area contributed by atoms with Crippen molar-refractivity contribution in [2.45, 2.75) is 18.9 Å². The third-order valence-corrected chi connectivity index (χ3v) is 4.11. The van der Waals surface area contributed by atoms with Gasteiger partial charge in [0.2, 0.25) is 0 Å². The minimum Gasteiger partial charge on any atom is -0.482 e. The van der Waals surface area contributed by atoms with Crippen LogP contribution in [-0.4, -0.2) is 4.98 Å². The predicted molar refractivity (Wildman–Crippen MR) is 77.2 cm³/mol. The number of alkyl halides is 1. The summed E-state index contributed by atoms with van der Waals surface area (Å²) in [5, 5.41) is 3.87. The maximum Gasteiger partial charge on any atom is 0.147 e. The zero-order chi connectivity index (χ0) is 13.1. The van der Waals surface area contributed by atoms with Crippen LogP contribution in [0.2, 0.25) is 10.0 Å². The van der Waals surface area contributed by atoms with E-state index >= 15 is 0 Å². The van der Waals surface area contributed by atoms with Gasteiger partial charge in [-0.25, -0.2) is 4.98 Å². The number of ether oxygens (including phenoxy) is 1. The molecule has 0 bridgehead atoms. The highest BCUT2D eigenvalue weighted by Crippen LogP contribution is 2.32. The standard InChI is InChI=1S/C12H10Cl3NOS/c1-7(12-16-9(5-13)6-18-12)17-11-3-2-8(14)4-10(11)15/h2-4,6-7H,5H2,1H3. The first-order valence-corrected chi connectivity index (χ1v) is 7.39. The molecule has 2 nitrogen and oxygen atoms in total. The lowest BCUT2D eigenvalue weighted by Gasteiger charge is -2.13. The van der Waals surface area contributed by atoms with E-state index in [2.05, 4.69) is 4.98 Å². The first-order chi connectivity index (χ1) is 8.60. The van der Waals surface area contributed by atoms with Gasteiger partial charge in [-0.2, -0.15) is 0 Å². The van der Waals surface area contributed by atoms with Crippen LogP contribution in [0.15, 0.2) is 23.6 Å². The van der Waals surface area contributed by atoms with E-state index in [9.17, 15) is 0 Å². The first-order valence-electron chi connectivity index (χ1n) is 5.22. The Morgan fingerprint density at radius 3 is 2.78 bits per heavy atom. The number of rotatable bonds is 4. The first kappa shape index (κ1) is 13.9. The SMILES string of the molecule is CC(Oc1ccc(Cl)cc1Cl)c1nc(CCl)cs1. The van der Waals surface area contributed by atoms with Crippen molar-refractivity contribution >= 4 is 46.1 Å². The molecule has 0 spiro atoms. The predicted octanol–water partition coefficient (Wildman–Crippen LogP) is 5.33. The van der Waals surface area contributed by atoms with Crippen molar-refractivity contribution in [3.05, 3.63) is 44.3 Å². The summed E-state index contributed by atoms with van der Waals surface area (Å²) in [6.07, 6.45) is -0.175. The molecule has 0 fully saturated rings. The molecule has 0 radical (unpaired) electrons.